The van der Waals surface area contributed by atoms with Gasteiger partial charge in [-0.2, -0.15) is 0 Å². The molecule has 0 bridgehead atoms. The van der Waals surface area contributed by atoms with Gasteiger partial charge in [-0.05, 0) is 73.9 Å². The number of fused-ring (bicyclic) bond motifs is 2. The predicted octanol–water partition coefficient (Wildman–Crippen LogP) is 9.02. The van der Waals surface area contributed by atoms with Gasteiger partial charge in [-0.3, -0.25) is 4.79 Å². The summed E-state index contributed by atoms with van der Waals surface area (Å²) in [5.74, 6) is 4.63. The molecule has 8 rings (SSSR count). The molecular weight excluding hydrogens is 627 g/mol. The lowest BCUT2D eigenvalue weighted by Crippen LogP contribution is -2.45. The first-order chi connectivity index (χ1) is 22.4. The predicted molar refractivity (Wildman–Crippen MR) is 188 cm³/mol. The van der Waals surface area contributed by atoms with Gasteiger partial charge < -0.3 is 9.13 Å². The Balaban J connectivity index is 0.000000161. The number of carbonyl (C=O) groups excluding carboxylic acids is 1. The molecule has 4 aromatic rings. The summed E-state index contributed by atoms with van der Waals surface area (Å²) in [6, 6.07) is 16.1. The summed E-state index contributed by atoms with van der Waals surface area (Å²) < 4.78 is 4.67. The summed E-state index contributed by atoms with van der Waals surface area (Å²) in [6.45, 7) is 6.17. The summed E-state index contributed by atoms with van der Waals surface area (Å²) >= 11 is 12.1. The molecule has 0 radical (unpaired) electrons. The molecule has 0 N–H and O–H groups in total. The first kappa shape index (κ1) is 33.6. The van der Waals surface area contributed by atoms with E-state index in [1.165, 1.54) is 56.1 Å². The maximum absolute atomic E-state index is 11.9. The number of aryl methyl sites for hydroxylation is 2. The highest BCUT2D eigenvalue weighted by molar-refractivity contribution is 6.30. The average molecular weight is 674 g/mol. The number of benzene rings is 2. The monoisotopic (exact) mass is 672 g/mol. The Labute approximate surface area is 288 Å². The molecule has 0 amide bonds. The maximum Gasteiger partial charge on any atom is 0.144 e. The maximum atomic E-state index is 11.9. The lowest BCUT2D eigenvalue weighted by atomic mass is 9.61. The number of ketones is 1. The molecule has 4 aliphatic rings. The SMILES string of the molecule is C.C=C1CC(c2ccc(Cl)cc2)(c2nnc3n2CCCCCC3)C1.O=C1CC(c2ccc(Cl)cc2)(c2nnc3n2CCCCCC3)C1. The minimum absolute atomic E-state index is 0. The summed E-state index contributed by atoms with van der Waals surface area (Å²) in [5.41, 5.74) is 3.33. The highest BCUT2D eigenvalue weighted by Crippen LogP contribution is 2.51. The summed E-state index contributed by atoms with van der Waals surface area (Å²) in [5, 5.41) is 19.7. The fraction of sp³-hybridized carbons (Fsp3) is 0.500. The molecule has 2 aliphatic heterocycles. The molecule has 0 unspecified atom stereocenters. The lowest BCUT2D eigenvalue weighted by molar-refractivity contribution is -0.127. The van der Waals surface area contributed by atoms with Gasteiger partial charge in [0, 0.05) is 48.8 Å². The number of Topliss-reactive ketones (excluding diaryl/α,β-unsaturated/α-hetero) is 1. The van der Waals surface area contributed by atoms with Crippen LogP contribution in [0.15, 0.2) is 60.7 Å². The number of carbonyl (C=O) groups is 1. The van der Waals surface area contributed by atoms with Crippen LogP contribution in [0.2, 0.25) is 10.0 Å². The van der Waals surface area contributed by atoms with Crippen LogP contribution < -0.4 is 0 Å². The molecule has 0 saturated heterocycles. The van der Waals surface area contributed by atoms with Crippen LogP contribution in [0.4, 0.5) is 0 Å². The quantitative estimate of drug-likeness (QED) is 0.202. The molecule has 7 nitrogen and oxygen atoms in total. The van der Waals surface area contributed by atoms with E-state index in [2.05, 4.69) is 48.2 Å². The van der Waals surface area contributed by atoms with Gasteiger partial charge in [0.2, 0.25) is 0 Å². The lowest BCUT2D eigenvalue weighted by Gasteiger charge is -2.43. The number of nitrogens with zero attached hydrogens (tertiary/aromatic N) is 6. The Bertz CT molecular complexity index is 1580. The van der Waals surface area contributed by atoms with Crippen molar-refractivity contribution < 1.29 is 4.79 Å². The first-order valence-corrected chi connectivity index (χ1v) is 17.7. The topological polar surface area (TPSA) is 78.5 Å². The van der Waals surface area contributed by atoms with Gasteiger partial charge >= 0.3 is 0 Å². The van der Waals surface area contributed by atoms with E-state index < -0.39 is 0 Å². The third kappa shape index (κ3) is 6.46. The van der Waals surface area contributed by atoms with Crippen molar-refractivity contribution in [3.8, 4) is 0 Å². The largest absolute Gasteiger partial charge is 0.314 e. The Kier molecular flexibility index (Phi) is 10.0. The van der Waals surface area contributed by atoms with Gasteiger partial charge in [0.15, 0.2) is 0 Å². The van der Waals surface area contributed by atoms with E-state index in [4.69, 9.17) is 23.2 Å². The minimum Gasteiger partial charge on any atom is -0.314 e. The van der Waals surface area contributed by atoms with Crippen molar-refractivity contribution in [2.75, 3.05) is 0 Å². The molecule has 2 aromatic carbocycles. The average Bonchev–Trinajstić information content (AvgIpc) is 3.57. The van der Waals surface area contributed by atoms with Gasteiger partial charge in [-0.1, -0.05) is 92.7 Å². The number of allylic oxidation sites excluding steroid dienone is 1. The van der Waals surface area contributed by atoms with Gasteiger partial charge in [-0.25, -0.2) is 0 Å². The van der Waals surface area contributed by atoms with Crippen LogP contribution in [-0.4, -0.2) is 35.3 Å². The summed E-state index contributed by atoms with van der Waals surface area (Å²) in [7, 11) is 0. The second-order valence-corrected chi connectivity index (χ2v) is 14.6. The third-order valence-electron chi connectivity index (χ3n) is 10.5. The summed E-state index contributed by atoms with van der Waals surface area (Å²) in [4.78, 5) is 11.9. The number of hydrogen-bond acceptors (Lipinski definition) is 5. The van der Waals surface area contributed by atoms with Crippen LogP contribution in [-0.2, 0) is 41.6 Å². The standard InChI is InChI=1S/C19H22ClN3.C18H20ClN3O.CH4/c1-14-12-19(13-14,15-7-9-16(20)10-8-15)18-22-21-17-6-4-2-3-5-11-23(17)18;19-14-8-6-13(7-9-14)18(11-15(23)12-18)17-21-20-16-5-3-1-2-4-10-22(16)17;/h7-10H,1-6,11-13H2;6-9H,1-5,10-12H2;1H4. The molecule has 2 saturated carbocycles. The van der Waals surface area contributed by atoms with Crippen molar-refractivity contribution in [1.29, 1.82) is 0 Å². The Morgan fingerprint density at radius 1 is 0.574 bits per heavy atom. The van der Waals surface area contributed by atoms with Crippen molar-refractivity contribution in [3.05, 3.63) is 105 Å². The van der Waals surface area contributed by atoms with Crippen molar-refractivity contribution in [2.45, 2.75) is 121 Å². The van der Waals surface area contributed by atoms with Gasteiger partial charge in [0.25, 0.3) is 0 Å². The van der Waals surface area contributed by atoms with Crippen molar-refractivity contribution >= 4 is 29.0 Å². The second-order valence-electron chi connectivity index (χ2n) is 13.7. The molecular formula is C38H46Cl2N6O. The second kappa shape index (κ2) is 14.1. The van der Waals surface area contributed by atoms with E-state index in [0.717, 1.165) is 79.1 Å². The van der Waals surface area contributed by atoms with E-state index in [1.54, 1.807) is 0 Å². The third-order valence-corrected chi connectivity index (χ3v) is 11.0. The number of rotatable bonds is 4. The zero-order valence-corrected chi connectivity index (χ0v) is 28.0. The normalized spacial score (nSPS) is 19.9. The van der Waals surface area contributed by atoms with Crippen LogP contribution in [0.1, 0.15) is 119 Å². The van der Waals surface area contributed by atoms with Crippen molar-refractivity contribution in [1.82, 2.24) is 29.5 Å². The Hall–Kier alpha value is -3.29. The molecule has 2 fully saturated rings. The number of halogens is 2. The van der Waals surface area contributed by atoms with Crippen LogP contribution in [0, 0.1) is 0 Å². The Morgan fingerprint density at radius 2 is 0.979 bits per heavy atom. The molecule has 9 heteroatoms. The number of hydrogen-bond donors (Lipinski definition) is 0. The fourth-order valence-corrected chi connectivity index (χ4v) is 8.23. The molecule has 2 aliphatic carbocycles. The van der Waals surface area contributed by atoms with E-state index in [0.29, 0.717) is 23.6 Å². The molecule has 248 valence electrons. The van der Waals surface area contributed by atoms with E-state index >= 15 is 0 Å². The van der Waals surface area contributed by atoms with Gasteiger partial charge in [0.05, 0.1) is 10.8 Å². The summed E-state index contributed by atoms with van der Waals surface area (Å²) in [6.07, 6.45) is 14.9. The first-order valence-electron chi connectivity index (χ1n) is 16.9. The van der Waals surface area contributed by atoms with Gasteiger partial charge in [0.1, 0.15) is 29.1 Å². The van der Waals surface area contributed by atoms with Crippen LogP contribution >= 0.6 is 23.2 Å². The zero-order chi connectivity index (χ0) is 31.7. The molecule has 2 aromatic heterocycles. The molecule has 0 atom stereocenters. The van der Waals surface area contributed by atoms with Crippen LogP contribution in [0.25, 0.3) is 0 Å². The van der Waals surface area contributed by atoms with Crippen molar-refractivity contribution in [2.24, 2.45) is 0 Å². The van der Waals surface area contributed by atoms with Crippen LogP contribution in [0.3, 0.4) is 0 Å². The number of aromatic nitrogens is 6. The zero-order valence-electron chi connectivity index (χ0n) is 26.5. The molecule has 47 heavy (non-hydrogen) atoms. The molecule has 4 heterocycles. The highest BCUT2D eigenvalue weighted by atomic mass is 35.5. The fourth-order valence-electron chi connectivity index (χ4n) is 7.98. The van der Waals surface area contributed by atoms with E-state index in [-0.39, 0.29) is 18.3 Å². The van der Waals surface area contributed by atoms with Crippen molar-refractivity contribution in [3.63, 3.8) is 0 Å². The minimum atomic E-state index is -0.313. The highest BCUT2D eigenvalue weighted by Gasteiger charge is 2.50. The Morgan fingerprint density at radius 3 is 1.38 bits per heavy atom. The molecule has 0 spiro atoms. The van der Waals surface area contributed by atoms with E-state index in [1.807, 2.05) is 36.4 Å². The van der Waals surface area contributed by atoms with Gasteiger partial charge in [-0.15, -0.1) is 20.4 Å². The van der Waals surface area contributed by atoms with E-state index in [9.17, 15) is 4.79 Å². The van der Waals surface area contributed by atoms with Crippen LogP contribution in [0.5, 0.6) is 0 Å². The smallest absolute Gasteiger partial charge is 0.144 e.